The van der Waals surface area contributed by atoms with Crippen LogP contribution in [0.5, 0.6) is 0 Å². The van der Waals surface area contributed by atoms with Gasteiger partial charge in [0.15, 0.2) is 5.82 Å². The average Bonchev–Trinajstić information content (AvgIpc) is 2.91. The maximum atomic E-state index is 12.5. The van der Waals surface area contributed by atoms with Gasteiger partial charge in [0.2, 0.25) is 0 Å². The Bertz CT molecular complexity index is 545. The third-order valence-electron chi connectivity index (χ3n) is 3.15. The zero-order chi connectivity index (χ0) is 12.5. The molecule has 1 aliphatic heterocycles. The zero-order valence-electron chi connectivity index (χ0n) is 9.76. The van der Waals surface area contributed by atoms with E-state index >= 15 is 0 Å². The lowest BCUT2D eigenvalue weighted by atomic mass is 10.2. The quantitative estimate of drug-likeness (QED) is 0.824. The fourth-order valence-corrected chi connectivity index (χ4v) is 2.24. The number of alkyl halides is 2. The van der Waals surface area contributed by atoms with E-state index in [0.717, 1.165) is 38.1 Å². The van der Waals surface area contributed by atoms with Gasteiger partial charge in [0.25, 0.3) is 0 Å². The molecule has 5 nitrogen and oxygen atoms in total. The molecule has 96 valence electrons. The van der Waals surface area contributed by atoms with Gasteiger partial charge in [0.1, 0.15) is 11.5 Å². The van der Waals surface area contributed by atoms with Gasteiger partial charge < -0.3 is 4.57 Å². The highest BCUT2D eigenvalue weighted by atomic mass is 19.3. The summed E-state index contributed by atoms with van der Waals surface area (Å²) < 4.78 is 27.6. The molecule has 2 aromatic rings. The maximum Gasteiger partial charge on any atom is 0.333 e. The Labute approximate surface area is 102 Å². The Kier molecular flexibility index (Phi) is 2.81. The van der Waals surface area contributed by atoms with Crippen LogP contribution in [-0.2, 0) is 13.0 Å². The molecule has 0 bridgehead atoms. The lowest BCUT2D eigenvalue weighted by molar-refractivity contribution is 0.0568. The molecule has 18 heavy (non-hydrogen) atoms. The molecule has 0 saturated heterocycles. The maximum absolute atomic E-state index is 12.5. The predicted octanol–water partition coefficient (Wildman–Crippen LogP) is 2.26. The second kappa shape index (κ2) is 4.47. The minimum absolute atomic E-state index is 0.455. The van der Waals surface area contributed by atoms with E-state index in [4.69, 9.17) is 0 Å². The van der Waals surface area contributed by atoms with Gasteiger partial charge in [-0.3, -0.25) is 0 Å². The van der Waals surface area contributed by atoms with Gasteiger partial charge in [0.05, 0.1) is 0 Å². The van der Waals surface area contributed by atoms with E-state index < -0.39 is 6.55 Å². The van der Waals surface area contributed by atoms with Gasteiger partial charge in [-0.2, -0.15) is 13.9 Å². The normalized spacial score (nSPS) is 15.7. The van der Waals surface area contributed by atoms with Gasteiger partial charge in [-0.1, -0.05) is 6.42 Å². The van der Waals surface area contributed by atoms with Crippen molar-refractivity contribution >= 4 is 0 Å². The topological polar surface area (TPSA) is 48.5 Å². The molecule has 7 heteroatoms. The summed E-state index contributed by atoms with van der Waals surface area (Å²) in [6.07, 6.45) is 5.48. The minimum Gasteiger partial charge on any atom is -0.310 e. The Morgan fingerprint density at radius 3 is 2.83 bits per heavy atom. The molecule has 0 aromatic carbocycles. The molecule has 2 aromatic heterocycles. The molecule has 0 atom stereocenters. The van der Waals surface area contributed by atoms with Crippen molar-refractivity contribution in [1.82, 2.24) is 24.5 Å². The lowest BCUT2D eigenvalue weighted by Gasteiger charge is -2.04. The van der Waals surface area contributed by atoms with E-state index in [1.807, 2.05) is 4.57 Å². The molecular weight excluding hydrogens is 240 g/mol. The number of aromatic nitrogens is 5. The van der Waals surface area contributed by atoms with E-state index in [1.54, 1.807) is 6.07 Å². The second-order valence-corrected chi connectivity index (χ2v) is 4.36. The first-order chi connectivity index (χ1) is 8.75. The van der Waals surface area contributed by atoms with Crippen LogP contribution in [0.2, 0.25) is 0 Å². The minimum atomic E-state index is -2.62. The first-order valence-electron chi connectivity index (χ1n) is 6.01. The van der Waals surface area contributed by atoms with Crippen LogP contribution in [0.15, 0.2) is 12.3 Å². The molecule has 0 radical (unpaired) electrons. The molecular formula is C11H13F2N5. The molecule has 0 unspecified atom stereocenters. The molecule has 1 aliphatic rings. The monoisotopic (exact) mass is 253 g/mol. The first kappa shape index (κ1) is 11.3. The van der Waals surface area contributed by atoms with Crippen molar-refractivity contribution in [3.63, 3.8) is 0 Å². The summed E-state index contributed by atoms with van der Waals surface area (Å²) in [4.78, 5) is 0. The van der Waals surface area contributed by atoms with E-state index in [1.165, 1.54) is 6.20 Å². The molecule has 0 saturated carbocycles. The predicted molar refractivity (Wildman–Crippen MR) is 60.1 cm³/mol. The number of halogens is 2. The van der Waals surface area contributed by atoms with Crippen LogP contribution < -0.4 is 0 Å². The van der Waals surface area contributed by atoms with E-state index in [-0.39, 0.29) is 0 Å². The second-order valence-electron chi connectivity index (χ2n) is 4.36. The van der Waals surface area contributed by atoms with Crippen molar-refractivity contribution in [2.24, 2.45) is 0 Å². The zero-order valence-corrected chi connectivity index (χ0v) is 9.76. The van der Waals surface area contributed by atoms with Crippen molar-refractivity contribution in [1.29, 1.82) is 0 Å². The summed E-state index contributed by atoms with van der Waals surface area (Å²) >= 11 is 0. The van der Waals surface area contributed by atoms with Gasteiger partial charge >= 0.3 is 6.55 Å². The van der Waals surface area contributed by atoms with Crippen LogP contribution >= 0.6 is 0 Å². The van der Waals surface area contributed by atoms with Gasteiger partial charge in [-0.05, 0) is 18.9 Å². The highest BCUT2D eigenvalue weighted by molar-refractivity contribution is 5.48. The van der Waals surface area contributed by atoms with Crippen LogP contribution in [0.4, 0.5) is 8.78 Å². The summed E-state index contributed by atoms with van der Waals surface area (Å²) in [6, 6.07) is 1.55. The van der Waals surface area contributed by atoms with E-state index in [9.17, 15) is 8.78 Å². The molecule has 0 N–H and O–H groups in total. The smallest absolute Gasteiger partial charge is 0.310 e. The number of hydrogen-bond donors (Lipinski definition) is 0. The Balaban J connectivity index is 1.98. The Hall–Kier alpha value is -1.79. The first-order valence-corrected chi connectivity index (χ1v) is 6.01. The van der Waals surface area contributed by atoms with Crippen molar-refractivity contribution < 1.29 is 8.78 Å². The molecule has 0 spiro atoms. The van der Waals surface area contributed by atoms with Gasteiger partial charge in [-0.25, -0.2) is 4.68 Å². The lowest BCUT2D eigenvalue weighted by Crippen LogP contribution is -2.04. The number of hydrogen-bond acceptors (Lipinski definition) is 3. The van der Waals surface area contributed by atoms with Crippen LogP contribution in [-0.4, -0.2) is 24.5 Å². The average molecular weight is 253 g/mol. The number of fused-ring (bicyclic) bond motifs is 1. The summed E-state index contributed by atoms with van der Waals surface area (Å²) in [7, 11) is 0. The SMILES string of the molecule is FC(F)n1ccc(-c2nnc3n2CCCCC3)n1. The number of aryl methyl sites for hydroxylation is 1. The summed E-state index contributed by atoms with van der Waals surface area (Å²) in [5, 5.41) is 12.0. The fraction of sp³-hybridized carbons (Fsp3) is 0.545. The summed E-state index contributed by atoms with van der Waals surface area (Å²) in [5.41, 5.74) is 0.455. The molecule has 3 rings (SSSR count). The van der Waals surface area contributed by atoms with Crippen LogP contribution in [0.3, 0.4) is 0 Å². The Morgan fingerprint density at radius 1 is 1.17 bits per heavy atom. The number of rotatable bonds is 2. The van der Waals surface area contributed by atoms with Gasteiger partial charge in [-0.15, -0.1) is 10.2 Å². The standard InChI is InChI=1S/C11H13F2N5/c12-11(13)18-7-5-8(16-18)10-15-14-9-4-2-1-3-6-17(9)10/h5,7,11H,1-4,6H2. The number of nitrogens with zero attached hydrogens (tertiary/aromatic N) is 5. The Morgan fingerprint density at radius 2 is 2.06 bits per heavy atom. The molecule has 3 heterocycles. The van der Waals surface area contributed by atoms with Crippen molar-refractivity contribution in [2.45, 2.75) is 38.8 Å². The molecule has 0 aliphatic carbocycles. The van der Waals surface area contributed by atoms with Crippen LogP contribution in [0.1, 0.15) is 31.6 Å². The van der Waals surface area contributed by atoms with Crippen molar-refractivity contribution in [2.75, 3.05) is 0 Å². The fourth-order valence-electron chi connectivity index (χ4n) is 2.24. The van der Waals surface area contributed by atoms with Crippen molar-refractivity contribution in [3.05, 3.63) is 18.1 Å². The van der Waals surface area contributed by atoms with Crippen molar-refractivity contribution in [3.8, 4) is 11.5 Å². The molecule has 0 fully saturated rings. The summed E-state index contributed by atoms with van der Waals surface area (Å²) in [5.74, 6) is 1.51. The largest absolute Gasteiger partial charge is 0.333 e. The third-order valence-corrected chi connectivity index (χ3v) is 3.15. The van der Waals surface area contributed by atoms with E-state index in [0.29, 0.717) is 16.2 Å². The third kappa shape index (κ3) is 1.89. The van der Waals surface area contributed by atoms with E-state index in [2.05, 4.69) is 15.3 Å². The van der Waals surface area contributed by atoms with Crippen LogP contribution in [0.25, 0.3) is 11.5 Å². The summed E-state index contributed by atoms with van der Waals surface area (Å²) in [6.45, 7) is -1.79. The van der Waals surface area contributed by atoms with Crippen LogP contribution in [0, 0.1) is 0 Å². The molecule has 0 amide bonds. The van der Waals surface area contributed by atoms with Gasteiger partial charge in [0, 0.05) is 19.2 Å². The highest BCUT2D eigenvalue weighted by Gasteiger charge is 2.18. The highest BCUT2D eigenvalue weighted by Crippen LogP contribution is 2.22.